The van der Waals surface area contributed by atoms with Gasteiger partial charge in [0.1, 0.15) is 10.0 Å². The zero-order valence-electron chi connectivity index (χ0n) is 11.5. The summed E-state index contributed by atoms with van der Waals surface area (Å²) in [6, 6.07) is 7.12. The normalized spacial score (nSPS) is 14.7. The molecule has 0 unspecified atom stereocenters. The van der Waals surface area contributed by atoms with E-state index in [1.165, 1.54) is 18.4 Å². The van der Waals surface area contributed by atoms with Crippen LogP contribution in [-0.4, -0.2) is 22.8 Å². The van der Waals surface area contributed by atoms with E-state index < -0.39 is 0 Å². The van der Waals surface area contributed by atoms with Crippen LogP contribution in [0.25, 0.3) is 10.6 Å². The van der Waals surface area contributed by atoms with Crippen LogP contribution < -0.4 is 5.32 Å². The number of hydrogen-bond donors (Lipinski definition) is 1. The van der Waals surface area contributed by atoms with Gasteiger partial charge in [-0.25, -0.2) is 0 Å². The van der Waals surface area contributed by atoms with Crippen molar-refractivity contribution < 1.29 is 0 Å². The predicted molar refractivity (Wildman–Crippen MR) is 87.1 cm³/mol. The Bertz CT molecular complexity index is 593. The maximum Gasteiger partial charge on any atom is 0.148 e. The van der Waals surface area contributed by atoms with Crippen molar-refractivity contribution >= 4 is 27.3 Å². The van der Waals surface area contributed by atoms with Gasteiger partial charge in [-0.05, 0) is 44.9 Å². The van der Waals surface area contributed by atoms with Crippen molar-refractivity contribution in [3.8, 4) is 10.6 Å². The number of benzene rings is 1. The van der Waals surface area contributed by atoms with Gasteiger partial charge in [-0.1, -0.05) is 38.9 Å². The highest BCUT2D eigenvalue weighted by atomic mass is 79.9. The average Bonchev–Trinajstić information content (AvgIpc) is 3.15. The quantitative estimate of drug-likeness (QED) is 0.800. The van der Waals surface area contributed by atoms with Crippen molar-refractivity contribution in [1.82, 2.24) is 15.5 Å². The maximum absolute atomic E-state index is 4.33. The smallest absolute Gasteiger partial charge is 0.148 e. The summed E-state index contributed by atoms with van der Waals surface area (Å²) in [5.41, 5.74) is 2.39. The molecule has 1 fully saturated rings. The number of rotatable bonds is 6. The molecule has 1 heterocycles. The van der Waals surface area contributed by atoms with Gasteiger partial charge in [-0.2, -0.15) is 0 Å². The fourth-order valence-corrected chi connectivity index (χ4v) is 3.58. The summed E-state index contributed by atoms with van der Waals surface area (Å²) in [6.45, 7) is 3.19. The van der Waals surface area contributed by atoms with Crippen molar-refractivity contribution in [1.29, 1.82) is 0 Å². The van der Waals surface area contributed by atoms with Crippen molar-refractivity contribution in [2.45, 2.75) is 38.6 Å². The Hall–Kier alpha value is -0.780. The number of halogens is 1. The SMILES string of the molecule is Cc1ccc(Br)c(-c2nnc(CCCNC3CC3)s2)c1. The van der Waals surface area contributed by atoms with Gasteiger partial charge in [0.25, 0.3) is 0 Å². The number of nitrogens with one attached hydrogen (secondary N) is 1. The summed E-state index contributed by atoms with van der Waals surface area (Å²) < 4.78 is 1.08. The van der Waals surface area contributed by atoms with Crippen LogP contribution in [-0.2, 0) is 6.42 Å². The first-order valence-electron chi connectivity index (χ1n) is 7.04. The molecule has 0 aliphatic heterocycles. The second-order valence-corrected chi connectivity index (χ2v) is 7.23. The van der Waals surface area contributed by atoms with Gasteiger partial charge in [-0.15, -0.1) is 10.2 Å². The summed E-state index contributed by atoms with van der Waals surface area (Å²) in [7, 11) is 0. The van der Waals surface area contributed by atoms with Crippen LogP contribution in [0.4, 0.5) is 0 Å². The molecule has 1 aliphatic carbocycles. The average molecular weight is 352 g/mol. The van der Waals surface area contributed by atoms with Crippen molar-refractivity contribution in [3.05, 3.63) is 33.2 Å². The highest BCUT2D eigenvalue weighted by molar-refractivity contribution is 9.10. The number of aryl methyl sites for hydroxylation is 2. The molecule has 0 atom stereocenters. The van der Waals surface area contributed by atoms with E-state index in [1.807, 2.05) is 0 Å². The van der Waals surface area contributed by atoms with Crippen LogP contribution >= 0.6 is 27.3 Å². The Balaban J connectivity index is 1.61. The van der Waals surface area contributed by atoms with E-state index in [4.69, 9.17) is 0 Å². The largest absolute Gasteiger partial charge is 0.314 e. The second-order valence-electron chi connectivity index (χ2n) is 5.32. The molecule has 1 saturated carbocycles. The molecule has 0 saturated heterocycles. The lowest BCUT2D eigenvalue weighted by Crippen LogP contribution is -2.17. The standard InChI is InChI=1S/C15H18BrN3S/c1-10-4-7-13(16)12(9-10)15-19-18-14(20-15)3-2-8-17-11-5-6-11/h4,7,9,11,17H,2-3,5-6,8H2,1H3. The molecule has 0 bridgehead atoms. The molecule has 20 heavy (non-hydrogen) atoms. The summed E-state index contributed by atoms with van der Waals surface area (Å²) in [6.07, 6.45) is 4.86. The van der Waals surface area contributed by atoms with E-state index in [1.54, 1.807) is 11.3 Å². The van der Waals surface area contributed by atoms with Gasteiger partial charge in [0.2, 0.25) is 0 Å². The van der Waals surface area contributed by atoms with Crippen LogP contribution in [0.1, 0.15) is 29.8 Å². The van der Waals surface area contributed by atoms with Crippen LogP contribution in [0.2, 0.25) is 0 Å². The molecular formula is C15H18BrN3S. The van der Waals surface area contributed by atoms with E-state index >= 15 is 0 Å². The van der Waals surface area contributed by atoms with Crippen LogP contribution in [0.5, 0.6) is 0 Å². The third-order valence-electron chi connectivity index (χ3n) is 3.40. The Kier molecular flexibility index (Phi) is 4.48. The third kappa shape index (κ3) is 3.65. The maximum atomic E-state index is 4.33. The molecule has 5 heteroatoms. The number of hydrogen-bond acceptors (Lipinski definition) is 4. The molecule has 106 valence electrons. The first-order chi connectivity index (χ1) is 9.72. The van der Waals surface area contributed by atoms with Gasteiger partial charge in [0.05, 0.1) is 0 Å². The van der Waals surface area contributed by atoms with E-state index in [2.05, 4.69) is 56.6 Å². The van der Waals surface area contributed by atoms with Crippen molar-refractivity contribution in [2.24, 2.45) is 0 Å². The summed E-state index contributed by atoms with van der Waals surface area (Å²) in [5, 5.41) is 14.3. The van der Waals surface area contributed by atoms with E-state index in [0.717, 1.165) is 45.5 Å². The Morgan fingerprint density at radius 1 is 1.35 bits per heavy atom. The molecule has 1 N–H and O–H groups in total. The lowest BCUT2D eigenvalue weighted by atomic mass is 10.1. The topological polar surface area (TPSA) is 37.8 Å². The summed E-state index contributed by atoms with van der Waals surface area (Å²) >= 11 is 5.30. The predicted octanol–water partition coefficient (Wildman–Crippen LogP) is 3.96. The van der Waals surface area contributed by atoms with Gasteiger partial charge in [-0.3, -0.25) is 0 Å². The summed E-state index contributed by atoms with van der Waals surface area (Å²) in [5.74, 6) is 0. The van der Waals surface area contributed by atoms with Gasteiger partial charge in [0.15, 0.2) is 0 Å². The minimum absolute atomic E-state index is 0.795. The van der Waals surface area contributed by atoms with Gasteiger partial charge >= 0.3 is 0 Å². The number of aromatic nitrogens is 2. The Labute approximate surface area is 132 Å². The third-order valence-corrected chi connectivity index (χ3v) is 5.10. The zero-order valence-corrected chi connectivity index (χ0v) is 13.9. The zero-order chi connectivity index (χ0) is 13.9. The molecule has 1 aromatic heterocycles. The highest BCUT2D eigenvalue weighted by Crippen LogP contribution is 2.31. The molecule has 0 spiro atoms. The van der Waals surface area contributed by atoms with E-state index in [-0.39, 0.29) is 0 Å². The van der Waals surface area contributed by atoms with Crippen molar-refractivity contribution in [3.63, 3.8) is 0 Å². The first kappa shape index (κ1) is 14.2. The molecule has 1 aromatic carbocycles. The molecule has 0 radical (unpaired) electrons. The highest BCUT2D eigenvalue weighted by Gasteiger charge is 2.19. The van der Waals surface area contributed by atoms with Crippen molar-refractivity contribution in [2.75, 3.05) is 6.54 Å². The molecule has 0 amide bonds. The minimum Gasteiger partial charge on any atom is -0.314 e. The molecular weight excluding hydrogens is 334 g/mol. The van der Waals surface area contributed by atoms with Gasteiger partial charge in [0, 0.05) is 22.5 Å². The molecule has 3 nitrogen and oxygen atoms in total. The fourth-order valence-electron chi connectivity index (χ4n) is 2.10. The molecule has 3 rings (SSSR count). The summed E-state index contributed by atoms with van der Waals surface area (Å²) in [4.78, 5) is 0. The van der Waals surface area contributed by atoms with Crippen LogP contribution in [0.15, 0.2) is 22.7 Å². The van der Waals surface area contributed by atoms with E-state index in [0.29, 0.717) is 0 Å². The minimum atomic E-state index is 0.795. The lowest BCUT2D eigenvalue weighted by Gasteiger charge is -2.01. The molecule has 1 aliphatic rings. The fraction of sp³-hybridized carbons (Fsp3) is 0.467. The van der Waals surface area contributed by atoms with Gasteiger partial charge < -0.3 is 5.32 Å². The van der Waals surface area contributed by atoms with Crippen LogP contribution in [0.3, 0.4) is 0 Å². The number of nitrogens with zero attached hydrogens (tertiary/aromatic N) is 2. The first-order valence-corrected chi connectivity index (χ1v) is 8.65. The lowest BCUT2D eigenvalue weighted by molar-refractivity contribution is 0.643. The monoisotopic (exact) mass is 351 g/mol. The van der Waals surface area contributed by atoms with Crippen LogP contribution in [0, 0.1) is 6.92 Å². The second kappa shape index (κ2) is 6.33. The Morgan fingerprint density at radius 3 is 3.00 bits per heavy atom. The molecule has 2 aromatic rings. The Morgan fingerprint density at radius 2 is 2.20 bits per heavy atom. The van der Waals surface area contributed by atoms with E-state index in [9.17, 15) is 0 Å².